The van der Waals surface area contributed by atoms with Gasteiger partial charge in [0.25, 0.3) is 0 Å². The van der Waals surface area contributed by atoms with Crippen LogP contribution in [0, 0.1) is 6.92 Å². The number of benzene rings is 1. The third-order valence-corrected chi connectivity index (χ3v) is 2.11. The molecule has 0 bridgehead atoms. The molecule has 78 valence electrons. The van der Waals surface area contributed by atoms with Crippen molar-refractivity contribution in [1.29, 1.82) is 0 Å². The topological polar surface area (TPSA) is 51.0 Å². The summed E-state index contributed by atoms with van der Waals surface area (Å²) in [5.41, 5.74) is 0.968. The molecule has 0 aliphatic rings. The fourth-order valence-corrected chi connectivity index (χ4v) is 1.28. The molecule has 0 radical (unpaired) electrons. The third kappa shape index (κ3) is 2.70. The van der Waals surface area contributed by atoms with Crippen LogP contribution in [0.5, 0.6) is 0 Å². The van der Waals surface area contributed by atoms with E-state index in [1.54, 1.807) is 6.92 Å². The predicted molar refractivity (Wildman–Crippen MR) is 57.8 cm³/mol. The third-order valence-electron chi connectivity index (χ3n) is 1.86. The average Bonchev–Trinajstić information content (AvgIpc) is 2.64. The average molecular weight is 224 g/mol. The molecule has 0 amide bonds. The Labute approximate surface area is 92.3 Å². The summed E-state index contributed by atoms with van der Waals surface area (Å²) in [6.45, 7) is 2.28. The lowest BCUT2D eigenvalue weighted by Crippen LogP contribution is -1.99. The molecule has 1 N–H and O–H groups in total. The summed E-state index contributed by atoms with van der Waals surface area (Å²) in [5.74, 6) is 1.14. The van der Waals surface area contributed by atoms with E-state index in [1.165, 1.54) is 0 Å². The van der Waals surface area contributed by atoms with Gasteiger partial charge in [0.2, 0.25) is 11.8 Å². The van der Waals surface area contributed by atoms with Crippen molar-refractivity contribution in [3.8, 4) is 0 Å². The molecule has 15 heavy (non-hydrogen) atoms. The van der Waals surface area contributed by atoms with Crippen LogP contribution in [-0.4, -0.2) is 10.2 Å². The Morgan fingerprint density at radius 2 is 2.00 bits per heavy atom. The van der Waals surface area contributed by atoms with E-state index in [4.69, 9.17) is 16.0 Å². The molecule has 0 aliphatic carbocycles. The number of rotatable bonds is 3. The van der Waals surface area contributed by atoms with Crippen molar-refractivity contribution < 1.29 is 4.42 Å². The van der Waals surface area contributed by atoms with Gasteiger partial charge in [0.15, 0.2) is 0 Å². The van der Waals surface area contributed by atoms with Crippen LogP contribution in [0.1, 0.15) is 11.8 Å². The van der Waals surface area contributed by atoms with E-state index in [-0.39, 0.29) is 0 Å². The summed E-state index contributed by atoms with van der Waals surface area (Å²) in [4.78, 5) is 0. The largest absolute Gasteiger partial charge is 0.424 e. The van der Waals surface area contributed by atoms with Gasteiger partial charge >= 0.3 is 0 Å². The molecule has 5 heteroatoms. The molecule has 1 heterocycles. The van der Waals surface area contributed by atoms with Crippen LogP contribution in [0.3, 0.4) is 0 Å². The van der Waals surface area contributed by atoms with Gasteiger partial charge in [0.05, 0.1) is 6.54 Å². The van der Waals surface area contributed by atoms with Crippen molar-refractivity contribution in [2.24, 2.45) is 0 Å². The molecule has 0 saturated carbocycles. The second-order valence-electron chi connectivity index (χ2n) is 3.08. The smallest absolute Gasteiger partial charge is 0.235 e. The summed E-state index contributed by atoms with van der Waals surface area (Å²) >= 11 is 5.76. The van der Waals surface area contributed by atoms with Crippen LogP contribution >= 0.6 is 11.6 Å². The second-order valence-corrected chi connectivity index (χ2v) is 3.51. The first-order valence-corrected chi connectivity index (χ1v) is 4.90. The monoisotopic (exact) mass is 223 g/mol. The van der Waals surface area contributed by atoms with Gasteiger partial charge in [-0.05, 0) is 24.3 Å². The molecule has 4 nitrogen and oxygen atoms in total. The van der Waals surface area contributed by atoms with E-state index in [1.807, 2.05) is 24.3 Å². The molecule has 0 atom stereocenters. The van der Waals surface area contributed by atoms with E-state index in [9.17, 15) is 0 Å². The normalized spacial score (nSPS) is 10.3. The van der Waals surface area contributed by atoms with Gasteiger partial charge in [-0.2, -0.15) is 0 Å². The molecule has 0 aliphatic heterocycles. The van der Waals surface area contributed by atoms with Crippen molar-refractivity contribution in [2.45, 2.75) is 13.5 Å². The second kappa shape index (κ2) is 4.31. The number of hydrogen-bond donors (Lipinski definition) is 1. The highest BCUT2D eigenvalue weighted by Gasteiger charge is 2.01. The highest BCUT2D eigenvalue weighted by atomic mass is 35.5. The maximum Gasteiger partial charge on any atom is 0.235 e. The van der Waals surface area contributed by atoms with Gasteiger partial charge in [0, 0.05) is 17.6 Å². The molecule has 1 aromatic carbocycles. The van der Waals surface area contributed by atoms with Gasteiger partial charge in [0.1, 0.15) is 0 Å². The summed E-state index contributed by atoms with van der Waals surface area (Å²) in [6.07, 6.45) is 0. The van der Waals surface area contributed by atoms with E-state index < -0.39 is 0 Å². The fourth-order valence-electron chi connectivity index (χ4n) is 1.15. The highest BCUT2D eigenvalue weighted by Crippen LogP contribution is 2.14. The van der Waals surface area contributed by atoms with E-state index in [0.29, 0.717) is 23.3 Å². The van der Waals surface area contributed by atoms with Gasteiger partial charge in [-0.25, -0.2) is 0 Å². The summed E-state index contributed by atoms with van der Waals surface area (Å²) in [7, 11) is 0. The Morgan fingerprint density at radius 3 is 2.60 bits per heavy atom. The van der Waals surface area contributed by atoms with Crippen LogP contribution in [-0.2, 0) is 6.54 Å². The van der Waals surface area contributed by atoms with Crippen LogP contribution in [0.2, 0.25) is 5.02 Å². The van der Waals surface area contributed by atoms with Gasteiger partial charge in [-0.1, -0.05) is 11.6 Å². The molecule has 1 aromatic heterocycles. The predicted octanol–water partition coefficient (Wildman–Crippen LogP) is 2.64. The molecule has 0 fully saturated rings. The lowest BCUT2D eigenvalue weighted by Gasteiger charge is -2.02. The number of anilines is 1. The minimum Gasteiger partial charge on any atom is -0.424 e. The standard InChI is InChI=1S/C10H10ClN3O/c1-7-13-14-10(15-7)6-12-9-4-2-8(11)3-5-9/h2-5,12H,6H2,1H3. The Bertz CT molecular complexity index is 438. The Kier molecular flexibility index (Phi) is 2.87. The van der Waals surface area contributed by atoms with Crippen molar-refractivity contribution in [3.63, 3.8) is 0 Å². The zero-order valence-corrected chi connectivity index (χ0v) is 8.95. The van der Waals surface area contributed by atoms with Gasteiger partial charge < -0.3 is 9.73 Å². The fraction of sp³-hybridized carbons (Fsp3) is 0.200. The molecular formula is C10H10ClN3O. The van der Waals surface area contributed by atoms with E-state index in [2.05, 4.69) is 15.5 Å². The quantitative estimate of drug-likeness (QED) is 0.869. The van der Waals surface area contributed by atoms with Crippen LogP contribution in [0.25, 0.3) is 0 Å². The summed E-state index contributed by atoms with van der Waals surface area (Å²) < 4.78 is 5.22. The Balaban J connectivity index is 1.96. The van der Waals surface area contributed by atoms with Crippen molar-refractivity contribution in [1.82, 2.24) is 10.2 Å². The zero-order chi connectivity index (χ0) is 10.7. The number of aryl methyl sites for hydroxylation is 1. The molecule has 0 unspecified atom stereocenters. The molecular weight excluding hydrogens is 214 g/mol. The summed E-state index contributed by atoms with van der Waals surface area (Å²) in [5, 5.41) is 11.5. The molecule has 0 saturated heterocycles. The lowest BCUT2D eigenvalue weighted by atomic mass is 10.3. The number of nitrogens with one attached hydrogen (secondary N) is 1. The van der Waals surface area contributed by atoms with Crippen LogP contribution < -0.4 is 5.32 Å². The van der Waals surface area contributed by atoms with Gasteiger partial charge in [-0.3, -0.25) is 0 Å². The SMILES string of the molecule is Cc1nnc(CNc2ccc(Cl)cc2)o1. The van der Waals surface area contributed by atoms with Crippen molar-refractivity contribution in [2.75, 3.05) is 5.32 Å². The maximum absolute atomic E-state index is 5.76. The first-order chi connectivity index (χ1) is 7.24. The first-order valence-electron chi connectivity index (χ1n) is 4.52. The number of halogens is 1. The minimum absolute atomic E-state index is 0.516. The molecule has 2 aromatic rings. The van der Waals surface area contributed by atoms with Crippen LogP contribution in [0.15, 0.2) is 28.7 Å². The summed E-state index contributed by atoms with van der Waals surface area (Å²) in [6, 6.07) is 7.43. The van der Waals surface area contributed by atoms with Crippen LogP contribution in [0.4, 0.5) is 5.69 Å². The zero-order valence-electron chi connectivity index (χ0n) is 8.20. The Morgan fingerprint density at radius 1 is 1.27 bits per heavy atom. The number of nitrogens with zero attached hydrogens (tertiary/aromatic N) is 2. The maximum atomic E-state index is 5.76. The van der Waals surface area contributed by atoms with Gasteiger partial charge in [-0.15, -0.1) is 10.2 Å². The number of hydrogen-bond acceptors (Lipinski definition) is 4. The van der Waals surface area contributed by atoms with Crippen molar-refractivity contribution in [3.05, 3.63) is 41.1 Å². The molecule has 0 spiro atoms. The van der Waals surface area contributed by atoms with E-state index in [0.717, 1.165) is 5.69 Å². The first kappa shape index (κ1) is 9.98. The lowest BCUT2D eigenvalue weighted by molar-refractivity contribution is 0.475. The molecule has 2 rings (SSSR count). The van der Waals surface area contributed by atoms with Crippen molar-refractivity contribution >= 4 is 17.3 Å². The highest BCUT2D eigenvalue weighted by molar-refractivity contribution is 6.30. The van der Waals surface area contributed by atoms with E-state index >= 15 is 0 Å². The minimum atomic E-state index is 0.516. The number of aromatic nitrogens is 2. The Hall–Kier alpha value is -1.55.